The summed E-state index contributed by atoms with van der Waals surface area (Å²) in [4.78, 5) is 26.9. The van der Waals surface area contributed by atoms with Gasteiger partial charge in [-0.15, -0.1) is 0 Å². The van der Waals surface area contributed by atoms with E-state index in [-0.39, 0.29) is 17.0 Å². The molecule has 1 N–H and O–H groups in total. The van der Waals surface area contributed by atoms with Crippen molar-refractivity contribution in [2.75, 3.05) is 26.2 Å². The van der Waals surface area contributed by atoms with Crippen molar-refractivity contribution in [3.05, 3.63) is 34.2 Å². The van der Waals surface area contributed by atoms with Gasteiger partial charge in [-0.2, -0.15) is 0 Å². The lowest BCUT2D eigenvalue weighted by Gasteiger charge is -2.32. The van der Waals surface area contributed by atoms with Gasteiger partial charge in [-0.1, -0.05) is 27.7 Å². The molecular weight excluding hydrogens is 364 g/mol. The van der Waals surface area contributed by atoms with Gasteiger partial charge in [-0.3, -0.25) is 9.59 Å². The third-order valence-corrected chi connectivity index (χ3v) is 6.94. The van der Waals surface area contributed by atoms with Gasteiger partial charge in [-0.05, 0) is 37.4 Å². The highest BCUT2D eigenvalue weighted by molar-refractivity contribution is 5.93. The summed E-state index contributed by atoms with van der Waals surface area (Å²) >= 11 is 0. The molecule has 7 heteroatoms. The van der Waals surface area contributed by atoms with Crippen molar-refractivity contribution in [2.45, 2.75) is 53.0 Å². The normalized spacial score (nSPS) is 28.8. The van der Waals surface area contributed by atoms with Crippen LogP contribution in [0.15, 0.2) is 23.1 Å². The Morgan fingerprint density at radius 2 is 1.96 bits per heavy atom. The number of likely N-dealkylation sites (tertiary alicyclic amines) is 1. The first kappa shape index (κ1) is 21.0. The fraction of sp³-hybridized carbons (Fsp3) is 0.714. The smallest absolute Gasteiger partial charge is 0.263 e. The number of fused-ring (bicyclic) bond motifs is 1. The Balaban J connectivity index is 1.60. The van der Waals surface area contributed by atoms with Crippen molar-refractivity contribution < 1.29 is 13.6 Å². The van der Waals surface area contributed by atoms with Crippen LogP contribution >= 0.6 is 0 Å². The molecule has 2 unspecified atom stereocenters. The van der Waals surface area contributed by atoms with Crippen molar-refractivity contribution in [1.82, 2.24) is 14.8 Å². The number of hydrogen-bond donors (Lipinski definition) is 1. The average Bonchev–Trinajstić information content (AvgIpc) is 2.98. The molecule has 2 aliphatic rings. The maximum absolute atomic E-state index is 14.2. The Bertz CT molecular complexity index is 807. The quantitative estimate of drug-likeness (QED) is 0.772. The molecular formula is C21H31F2N3O2. The monoisotopic (exact) mass is 395 g/mol. The van der Waals surface area contributed by atoms with Gasteiger partial charge in [0.05, 0.1) is 5.41 Å². The number of piperidine rings is 1. The molecule has 1 amide bonds. The first-order valence-corrected chi connectivity index (χ1v) is 10.1. The lowest BCUT2D eigenvalue weighted by atomic mass is 9.89. The third kappa shape index (κ3) is 3.27. The summed E-state index contributed by atoms with van der Waals surface area (Å²) in [5.41, 5.74) is -2.10. The molecule has 2 atom stereocenters. The molecule has 0 radical (unpaired) electrons. The average molecular weight is 395 g/mol. The molecule has 3 rings (SSSR count). The van der Waals surface area contributed by atoms with Crippen molar-refractivity contribution >= 4 is 5.91 Å². The molecule has 2 fully saturated rings. The lowest BCUT2D eigenvalue weighted by molar-refractivity contribution is 0.0489. The minimum atomic E-state index is -2.63. The molecule has 0 spiro atoms. The minimum Gasteiger partial charge on any atom is -0.352 e. The van der Waals surface area contributed by atoms with Gasteiger partial charge < -0.3 is 14.8 Å². The van der Waals surface area contributed by atoms with E-state index in [0.717, 1.165) is 6.42 Å². The van der Waals surface area contributed by atoms with E-state index in [1.807, 2.05) is 4.90 Å². The third-order valence-electron chi connectivity index (χ3n) is 6.94. The first-order chi connectivity index (χ1) is 13.0. The van der Waals surface area contributed by atoms with Crippen LogP contribution < -0.4 is 10.9 Å². The number of aromatic nitrogens is 1. The molecule has 28 heavy (non-hydrogen) atoms. The summed E-state index contributed by atoms with van der Waals surface area (Å²) in [5, 5.41) is 2.79. The summed E-state index contributed by atoms with van der Waals surface area (Å²) in [7, 11) is 0. The Morgan fingerprint density at radius 3 is 2.61 bits per heavy atom. The number of hydrogen-bond acceptors (Lipinski definition) is 3. The van der Waals surface area contributed by atoms with Crippen LogP contribution in [0.25, 0.3) is 0 Å². The van der Waals surface area contributed by atoms with Crippen LogP contribution in [0.5, 0.6) is 0 Å². The predicted octanol–water partition coefficient (Wildman–Crippen LogP) is 2.99. The number of rotatable bonds is 7. The van der Waals surface area contributed by atoms with Crippen LogP contribution in [0, 0.1) is 16.7 Å². The Labute approximate surface area is 165 Å². The van der Waals surface area contributed by atoms with Crippen LogP contribution in [0.2, 0.25) is 0 Å². The van der Waals surface area contributed by atoms with Gasteiger partial charge >= 0.3 is 0 Å². The number of carbonyl (C=O) groups is 1. The van der Waals surface area contributed by atoms with Gasteiger partial charge in [0.1, 0.15) is 5.56 Å². The second kappa shape index (κ2) is 7.25. The van der Waals surface area contributed by atoms with E-state index in [2.05, 4.69) is 19.2 Å². The second-order valence-corrected chi connectivity index (χ2v) is 9.12. The Morgan fingerprint density at radius 1 is 1.25 bits per heavy atom. The highest BCUT2D eigenvalue weighted by Crippen LogP contribution is 2.77. The fourth-order valence-corrected chi connectivity index (χ4v) is 4.46. The maximum atomic E-state index is 14.2. The zero-order chi connectivity index (χ0) is 20.7. The van der Waals surface area contributed by atoms with Crippen LogP contribution in [-0.4, -0.2) is 47.5 Å². The summed E-state index contributed by atoms with van der Waals surface area (Å²) in [6.45, 7) is 9.84. The molecule has 2 heterocycles. The molecule has 1 aliphatic heterocycles. The van der Waals surface area contributed by atoms with Crippen LogP contribution in [0.3, 0.4) is 0 Å². The zero-order valence-corrected chi connectivity index (χ0v) is 17.2. The van der Waals surface area contributed by atoms with E-state index in [1.165, 1.54) is 10.6 Å². The molecule has 5 nitrogen and oxygen atoms in total. The highest BCUT2D eigenvalue weighted by atomic mass is 19.3. The van der Waals surface area contributed by atoms with Gasteiger partial charge in [0.25, 0.3) is 17.4 Å². The van der Waals surface area contributed by atoms with Gasteiger partial charge in [0.15, 0.2) is 0 Å². The largest absolute Gasteiger partial charge is 0.352 e. The van der Waals surface area contributed by atoms with Crippen molar-refractivity contribution in [1.29, 1.82) is 0 Å². The predicted molar refractivity (Wildman–Crippen MR) is 105 cm³/mol. The van der Waals surface area contributed by atoms with E-state index >= 15 is 0 Å². The lowest BCUT2D eigenvalue weighted by Crippen LogP contribution is -2.41. The maximum Gasteiger partial charge on any atom is 0.263 e. The molecule has 1 aliphatic carbocycles. The van der Waals surface area contributed by atoms with Gasteiger partial charge in [0, 0.05) is 37.8 Å². The number of nitrogens with zero attached hydrogens (tertiary/aromatic N) is 2. The topological polar surface area (TPSA) is 54.3 Å². The Hall–Kier alpha value is -1.76. The molecule has 156 valence electrons. The highest BCUT2D eigenvalue weighted by Gasteiger charge is 2.86. The molecule has 0 aromatic carbocycles. The number of alkyl halides is 2. The van der Waals surface area contributed by atoms with Gasteiger partial charge in [-0.25, -0.2) is 8.78 Å². The number of pyridine rings is 1. The summed E-state index contributed by atoms with van der Waals surface area (Å²) in [5.74, 6) is -2.52. The van der Waals surface area contributed by atoms with Crippen LogP contribution in [0.1, 0.15) is 50.9 Å². The summed E-state index contributed by atoms with van der Waals surface area (Å²) < 4.78 is 30.0. The van der Waals surface area contributed by atoms with Crippen LogP contribution in [-0.2, 0) is 6.54 Å². The minimum absolute atomic E-state index is 0.123. The SMILES string of the molecule is CC(C)CCNC(=O)c1cccn(CCN2CCC3(C)C(F)(F)C3(C)C2)c1=O. The number of nitrogens with one attached hydrogen (secondary N) is 1. The van der Waals surface area contributed by atoms with Gasteiger partial charge in [0.2, 0.25) is 0 Å². The molecule has 0 bridgehead atoms. The van der Waals surface area contributed by atoms with Crippen LogP contribution in [0.4, 0.5) is 8.78 Å². The van der Waals surface area contributed by atoms with E-state index in [0.29, 0.717) is 45.1 Å². The summed E-state index contributed by atoms with van der Waals surface area (Å²) in [6, 6.07) is 3.21. The number of amides is 1. The fourth-order valence-electron chi connectivity index (χ4n) is 4.46. The standard InChI is InChI=1S/C21H31F2N3O2/c1-15(2)7-9-24-17(27)16-6-5-10-26(18(16)28)13-12-25-11-8-19(3)20(4,14-25)21(19,22)23/h5-6,10,15H,7-9,11-14H2,1-4H3,(H,24,27). The number of halogens is 2. The first-order valence-electron chi connectivity index (χ1n) is 10.1. The molecule has 1 saturated carbocycles. The molecule has 1 aromatic heterocycles. The van der Waals surface area contributed by atoms with E-state index < -0.39 is 16.8 Å². The van der Waals surface area contributed by atoms with E-state index in [1.54, 1.807) is 26.1 Å². The molecule has 1 saturated heterocycles. The summed E-state index contributed by atoms with van der Waals surface area (Å²) in [6.07, 6.45) is 2.96. The Kier molecular flexibility index (Phi) is 5.42. The van der Waals surface area contributed by atoms with Crippen molar-refractivity contribution in [2.24, 2.45) is 16.7 Å². The van der Waals surface area contributed by atoms with Crippen molar-refractivity contribution in [3.63, 3.8) is 0 Å². The number of carbonyl (C=O) groups excluding carboxylic acids is 1. The zero-order valence-electron chi connectivity index (χ0n) is 17.2. The second-order valence-electron chi connectivity index (χ2n) is 9.12. The van der Waals surface area contributed by atoms with E-state index in [4.69, 9.17) is 0 Å². The molecule has 1 aromatic rings. The van der Waals surface area contributed by atoms with E-state index in [9.17, 15) is 18.4 Å². The van der Waals surface area contributed by atoms with Crippen molar-refractivity contribution in [3.8, 4) is 0 Å².